The molecule has 0 spiro atoms. The lowest BCUT2D eigenvalue weighted by molar-refractivity contribution is -0.120. The lowest BCUT2D eigenvalue weighted by Gasteiger charge is -2.28. The molecular weight excluding hydrogens is 304 g/mol. The van der Waals surface area contributed by atoms with E-state index in [0.717, 1.165) is 29.0 Å². The third-order valence-corrected chi connectivity index (χ3v) is 5.82. The Kier molecular flexibility index (Phi) is 4.25. The van der Waals surface area contributed by atoms with E-state index in [2.05, 4.69) is 17.6 Å². The summed E-state index contributed by atoms with van der Waals surface area (Å²) in [5.74, 6) is 3.97. The van der Waals surface area contributed by atoms with Crippen LogP contribution in [-0.2, 0) is 4.79 Å². The maximum Gasteiger partial charge on any atom is 0.239 e. The molecule has 1 amide bonds. The van der Waals surface area contributed by atoms with Crippen molar-refractivity contribution in [1.82, 2.24) is 5.32 Å². The van der Waals surface area contributed by atoms with E-state index in [4.69, 9.17) is 9.47 Å². The Hall–Kier alpha value is -1.91. The van der Waals surface area contributed by atoms with E-state index in [9.17, 15) is 4.79 Å². The number of benzene rings is 1. The lowest BCUT2D eigenvalue weighted by atomic mass is 9.84. The molecule has 0 saturated heterocycles. The number of carbonyl (C=O) groups excluding carboxylic acids is 1. The summed E-state index contributed by atoms with van der Waals surface area (Å²) >= 11 is 0. The summed E-state index contributed by atoms with van der Waals surface area (Å²) in [7, 11) is 0. The minimum Gasteiger partial charge on any atom is -0.486 e. The first-order chi connectivity index (χ1) is 11.7. The van der Waals surface area contributed by atoms with E-state index in [-0.39, 0.29) is 18.5 Å². The summed E-state index contributed by atoms with van der Waals surface area (Å²) < 4.78 is 11.1. The Bertz CT molecular complexity index is 619. The van der Waals surface area contributed by atoms with E-state index in [1.54, 1.807) is 0 Å². The molecule has 5 nitrogen and oxygen atoms in total. The normalized spacial score (nSPS) is 28.5. The summed E-state index contributed by atoms with van der Waals surface area (Å²) in [6.45, 7) is 3.60. The standard InChI is InChI=1S/C19H26N2O3/c1-12(16-9-13-2-3-14(16)8-13)21-19(22)11-20-15-4-5-17-18(10-15)24-7-6-23-17/h4-5,10,12-14,16,20H,2-3,6-9,11H2,1H3,(H,21,22). The first kappa shape index (κ1) is 15.6. The molecule has 1 heterocycles. The minimum absolute atomic E-state index is 0.0557. The number of ether oxygens (including phenoxy) is 2. The highest BCUT2D eigenvalue weighted by Crippen LogP contribution is 2.49. The van der Waals surface area contributed by atoms with Crippen molar-refractivity contribution in [3.05, 3.63) is 18.2 Å². The molecule has 2 fully saturated rings. The van der Waals surface area contributed by atoms with E-state index >= 15 is 0 Å². The third-order valence-electron chi connectivity index (χ3n) is 5.82. The van der Waals surface area contributed by atoms with Crippen LogP contribution < -0.4 is 20.1 Å². The van der Waals surface area contributed by atoms with Gasteiger partial charge in [0.25, 0.3) is 0 Å². The predicted molar refractivity (Wildman–Crippen MR) is 92.5 cm³/mol. The molecular formula is C19H26N2O3. The quantitative estimate of drug-likeness (QED) is 0.871. The van der Waals surface area contributed by atoms with Crippen molar-refractivity contribution in [3.8, 4) is 11.5 Å². The van der Waals surface area contributed by atoms with Crippen molar-refractivity contribution in [2.75, 3.05) is 25.1 Å². The van der Waals surface area contributed by atoms with Gasteiger partial charge in [0.1, 0.15) is 13.2 Å². The molecule has 0 radical (unpaired) electrons. The summed E-state index contributed by atoms with van der Waals surface area (Å²) in [5.41, 5.74) is 0.877. The van der Waals surface area contributed by atoms with Gasteiger partial charge in [-0.15, -0.1) is 0 Å². The van der Waals surface area contributed by atoms with E-state index in [1.165, 1.54) is 25.7 Å². The van der Waals surface area contributed by atoms with Crippen molar-refractivity contribution in [1.29, 1.82) is 0 Å². The molecule has 5 heteroatoms. The van der Waals surface area contributed by atoms with Crippen LogP contribution in [-0.4, -0.2) is 31.7 Å². The maximum atomic E-state index is 12.2. The van der Waals surface area contributed by atoms with Gasteiger partial charge in [-0.2, -0.15) is 0 Å². The molecule has 1 aromatic rings. The molecule has 24 heavy (non-hydrogen) atoms. The van der Waals surface area contributed by atoms with Crippen molar-refractivity contribution < 1.29 is 14.3 Å². The second-order valence-corrected chi connectivity index (χ2v) is 7.41. The molecule has 130 valence electrons. The van der Waals surface area contributed by atoms with Gasteiger partial charge in [-0.25, -0.2) is 0 Å². The largest absolute Gasteiger partial charge is 0.486 e. The van der Waals surface area contributed by atoms with Crippen LogP contribution in [0.25, 0.3) is 0 Å². The molecule has 1 aliphatic heterocycles. The molecule has 2 aliphatic carbocycles. The lowest BCUT2D eigenvalue weighted by Crippen LogP contribution is -2.42. The van der Waals surface area contributed by atoms with Crippen LogP contribution in [0.5, 0.6) is 11.5 Å². The van der Waals surface area contributed by atoms with Crippen LogP contribution >= 0.6 is 0 Å². The monoisotopic (exact) mass is 330 g/mol. The van der Waals surface area contributed by atoms with E-state index in [0.29, 0.717) is 19.1 Å². The number of carbonyl (C=O) groups is 1. The van der Waals surface area contributed by atoms with Crippen molar-refractivity contribution >= 4 is 11.6 Å². The second-order valence-electron chi connectivity index (χ2n) is 7.41. The number of amides is 1. The molecule has 2 N–H and O–H groups in total. The van der Waals surface area contributed by atoms with Crippen molar-refractivity contribution in [3.63, 3.8) is 0 Å². The van der Waals surface area contributed by atoms with Crippen molar-refractivity contribution in [2.45, 2.75) is 38.6 Å². The first-order valence-corrected chi connectivity index (χ1v) is 9.12. The Balaban J connectivity index is 1.27. The number of fused-ring (bicyclic) bond motifs is 3. The summed E-state index contributed by atoms with van der Waals surface area (Å²) in [5, 5.41) is 6.36. The molecule has 3 aliphatic rings. The molecule has 4 unspecified atom stereocenters. The highest BCUT2D eigenvalue weighted by Gasteiger charge is 2.42. The number of nitrogens with one attached hydrogen (secondary N) is 2. The topological polar surface area (TPSA) is 59.6 Å². The average molecular weight is 330 g/mol. The number of rotatable bonds is 5. The van der Waals surface area contributed by atoms with E-state index < -0.39 is 0 Å². The number of anilines is 1. The molecule has 4 atom stereocenters. The van der Waals surface area contributed by atoms with Gasteiger partial charge in [0, 0.05) is 17.8 Å². The molecule has 0 aromatic heterocycles. The Morgan fingerprint density at radius 2 is 2.04 bits per heavy atom. The Morgan fingerprint density at radius 3 is 2.79 bits per heavy atom. The zero-order chi connectivity index (χ0) is 16.5. The summed E-state index contributed by atoms with van der Waals surface area (Å²) in [6.07, 6.45) is 5.42. The highest BCUT2D eigenvalue weighted by molar-refractivity contribution is 5.81. The van der Waals surface area contributed by atoms with Gasteiger partial charge >= 0.3 is 0 Å². The fraction of sp³-hybridized carbons (Fsp3) is 0.632. The average Bonchev–Trinajstić information content (AvgIpc) is 3.23. The fourth-order valence-corrected chi connectivity index (χ4v) is 4.65. The van der Waals surface area contributed by atoms with Crippen molar-refractivity contribution in [2.24, 2.45) is 17.8 Å². The van der Waals surface area contributed by atoms with Gasteiger partial charge in [-0.05, 0) is 56.1 Å². The van der Waals surface area contributed by atoms with Crippen LogP contribution in [0.2, 0.25) is 0 Å². The molecule has 4 rings (SSSR count). The van der Waals surface area contributed by atoms with Crippen LogP contribution in [0.3, 0.4) is 0 Å². The van der Waals surface area contributed by atoms with Crippen LogP contribution in [0, 0.1) is 17.8 Å². The van der Waals surface area contributed by atoms with Gasteiger partial charge in [0.2, 0.25) is 5.91 Å². The van der Waals surface area contributed by atoms with Gasteiger partial charge in [-0.3, -0.25) is 4.79 Å². The van der Waals surface area contributed by atoms with Crippen LogP contribution in [0.1, 0.15) is 32.6 Å². The zero-order valence-electron chi connectivity index (χ0n) is 14.2. The second kappa shape index (κ2) is 6.54. The van der Waals surface area contributed by atoms with Crippen LogP contribution in [0.4, 0.5) is 5.69 Å². The van der Waals surface area contributed by atoms with Gasteiger partial charge in [-0.1, -0.05) is 6.42 Å². The zero-order valence-corrected chi connectivity index (χ0v) is 14.2. The third kappa shape index (κ3) is 3.17. The van der Waals surface area contributed by atoms with E-state index in [1.807, 2.05) is 18.2 Å². The minimum atomic E-state index is 0.0557. The summed E-state index contributed by atoms with van der Waals surface area (Å²) in [6, 6.07) is 5.96. The van der Waals surface area contributed by atoms with Gasteiger partial charge in [0.05, 0.1) is 6.54 Å². The highest BCUT2D eigenvalue weighted by atomic mass is 16.6. The smallest absolute Gasteiger partial charge is 0.239 e. The van der Waals surface area contributed by atoms with Crippen LogP contribution in [0.15, 0.2) is 18.2 Å². The maximum absolute atomic E-state index is 12.2. The first-order valence-electron chi connectivity index (χ1n) is 9.12. The number of hydrogen-bond donors (Lipinski definition) is 2. The Labute approximate surface area is 143 Å². The summed E-state index contributed by atoms with van der Waals surface area (Å²) in [4.78, 5) is 12.2. The Morgan fingerprint density at radius 1 is 1.21 bits per heavy atom. The van der Waals surface area contributed by atoms with Gasteiger partial charge < -0.3 is 20.1 Å². The molecule has 2 bridgehead atoms. The number of hydrogen-bond acceptors (Lipinski definition) is 4. The predicted octanol–water partition coefficient (Wildman–Crippen LogP) is 2.81. The molecule has 1 aromatic carbocycles. The fourth-order valence-electron chi connectivity index (χ4n) is 4.65. The van der Waals surface area contributed by atoms with Gasteiger partial charge in [0.15, 0.2) is 11.5 Å². The SMILES string of the molecule is CC(NC(=O)CNc1ccc2c(c1)OCCO2)C1CC2CCC1C2. The molecule has 2 saturated carbocycles.